The molecule has 12 heavy (non-hydrogen) atoms. The molecule has 0 amide bonds. The number of carbonyl (C=O) groups excluding carboxylic acids is 1. The third kappa shape index (κ3) is 1.52. The van der Waals surface area contributed by atoms with E-state index in [1.165, 1.54) is 0 Å². The van der Waals surface area contributed by atoms with Crippen molar-refractivity contribution >= 4 is 11.8 Å². The van der Waals surface area contributed by atoms with Gasteiger partial charge in [0.1, 0.15) is 11.5 Å². The molecule has 0 atom stereocenters. The van der Waals surface area contributed by atoms with Crippen molar-refractivity contribution in [2.45, 2.75) is 0 Å². The first-order chi connectivity index (χ1) is 5.65. The number of isocyanates is 1. The minimum atomic E-state index is -1.39. The molecule has 0 saturated carbocycles. The Morgan fingerprint density at radius 3 is 2.50 bits per heavy atom. The van der Waals surface area contributed by atoms with E-state index in [4.69, 9.17) is 0 Å². The van der Waals surface area contributed by atoms with E-state index in [1.807, 2.05) is 0 Å². The Morgan fingerprint density at radius 2 is 1.92 bits per heavy atom. The second-order valence-corrected chi connectivity index (χ2v) is 1.92. The van der Waals surface area contributed by atoms with Gasteiger partial charge in [-0.1, -0.05) is 0 Å². The number of hydrogen-bond donors (Lipinski definition) is 0. The van der Waals surface area contributed by atoms with Crippen LogP contribution in [0.3, 0.4) is 0 Å². The molecule has 0 aliphatic carbocycles. The van der Waals surface area contributed by atoms with Crippen molar-refractivity contribution in [2.75, 3.05) is 0 Å². The molecule has 0 unspecified atom stereocenters. The van der Waals surface area contributed by atoms with Crippen LogP contribution in [0.5, 0.6) is 0 Å². The minimum absolute atomic E-state index is 0.360. The van der Waals surface area contributed by atoms with Gasteiger partial charge in [0.25, 0.3) is 0 Å². The third-order valence-corrected chi connectivity index (χ3v) is 1.14. The van der Waals surface area contributed by atoms with Gasteiger partial charge in [-0.05, 0) is 0 Å². The van der Waals surface area contributed by atoms with Gasteiger partial charge in [-0.15, -0.1) is 0 Å². The van der Waals surface area contributed by atoms with Crippen LogP contribution >= 0.6 is 0 Å². The summed E-state index contributed by atoms with van der Waals surface area (Å²) in [5.41, 5.74) is -0.692. The van der Waals surface area contributed by atoms with Gasteiger partial charge < -0.3 is 0 Å². The molecule has 0 heterocycles. The van der Waals surface area contributed by atoms with E-state index in [1.54, 1.807) is 0 Å². The molecule has 0 N–H and O–H groups in total. The standard InChI is InChI=1S/C7H2F3NO/c8-4-1-5(9)7(10)6(2-4)11-3-12/h1-2H. The SMILES string of the molecule is O=C=Nc1cc(F)cc(F)c1F. The molecular formula is C7H2F3NO. The molecule has 1 rings (SSSR count). The molecule has 62 valence electrons. The molecule has 0 saturated heterocycles. The zero-order valence-corrected chi connectivity index (χ0v) is 5.64. The fourth-order valence-electron chi connectivity index (χ4n) is 0.673. The van der Waals surface area contributed by atoms with Crippen LogP contribution in [0, 0.1) is 17.5 Å². The Labute approximate surface area is 65.3 Å². The first kappa shape index (κ1) is 8.49. The molecule has 0 radical (unpaired) electrons. The highest BCUT2D eigenvalue weighted by Gasteiger charge is 2.09. The fourth-order valence-corrected chi connectivity index (χ4v) is 0.673. The number of rotatable bonds is 1. The number of benzene rings is 1. The largest absolute Gasteiger partial charge is 0.240 e. The Hall–Kier alpha value is -1.61. The number of hydrogen-bond acceptors (Lipinski definition) is 2. The second kappa shape index (κ2) is 3.19. The van der Waals surface area contributed by atoms with Crippen molar-refractivity contribution < 1.29 is 18.0 Å². The van der Waals surface area contributed by atoms with E-state index in [-0.39, 0.29) is 0 Å². The number of nitrogens with zero attached hydrogens (tertiary/aromatic N) is 1. The van der Waals surface area contributed by atoms with Gasteiger partial charge in [0.15, 0.2) is 11.6 Å². The van der Waals surface area contributed by atoms with Crippen LogP contribution in [-0.4, -0.2) is 6.08 Å². The summed E-state index contributed by atoms with van der Waals surface area (Å²) in [6.45, 7) is 0. The maximum atomic E-state index is 12.6. The van der Waals surface area contributed by atoms with E-state index < -0.39 is 23.1 Å². The molecule has 1 aromatic carbocycles. The van der Waals surface area contributed by atoms with Crippen molar-refractivity contribution in [2.24, 2.45) is 4.99 Å². The lowest BCUT2D eigenvalue weighted by atomic mass is 10.3. The van der Waals surface area contributed by atoms with Gasteiger partial charge in [0.2, 0.25) is 6.08 Å². The molecule has 5 heteroatoms. The smallest absolute Gasteiger partial charge is 0.211 e. The topological polar surface area (TPSA) is 29.4 Å². The lowest BCUT2D eigenvalue weighted by molar-refractivity contribution is 0.496. The summed E-state index contributed by atoms with van der Waals surface area (Å²) in [6, 6.07) is 0.961. The van der Waals surface area contributed by atoms with Crippen molar-refractivity contribution in [3.05, 3.63) is 29.6 Å². The third-order valence-electron chi connectivity index (χ3n) is 1.14. The van der Waals surface area contributed by atoms with Crippen molar-refractivity contribution in [3.63, 3.8) is 0 Å². The zero-order chi connectivity index (χ0) is 9.14. The molecule has 1 aromatic rings. The Morgan fingerprint density at radius 1 is 1.25 bits per heavy atom. The van der Waals surface area contributed by atoms with Crippen LogP contribution in [-0.2, 0) is 4.79 Å². The van der Waals surface area contributed by atoms with Gasteiger partial charge in [-0.2, -0.15) is 4.99 Å². The summed E-state index contributed by atoms with van der Waals surface area (Å²) >= 11 is 0. The van der Waals surface area contributed by atoms with Gasteiger partial charge in [0.05, 0.1) is 0 Å². The van der Waals surface area contributed by atoms with E-state index in [0.29, 0.717) is 12.1 Å². The maximum Gasteiger partial charge on any atom is 0.240 e. The van der Waals surface area contributed by atoms with Crippen LogP contribution in [0.15, 0.2) is 17.1 Å². The molecular weight excluding hydrogens is 171 g/mol. The van der Waals surface area contributed by atoms with Crippen LogP contribution in [0.4, 0.5) is 18.9 Å². The highest BCUT2D eigenvalue weighted by atomic mass is 19.2. The van der Waals surface area contributed by atoms with Crippen LogP contribution in [0.2, 0.25) is 0 Å². The highest BCUT2D eigenvalue weighted by molar-refractivity contribution is 5.49. The fraction of sp³-hybridized carbons (Fsp3) is 0. The van der Waals surface area contributed by atoms with E-state index in [2.05, 4.69) is 4.99 Å². The monoisotopic (exact) mass is 173 g/mol. The van der Waals surface area contributed by atoms with Crippen LogP contribution in [0.25, 0.3) is 0 Å². The Balaban J connectivity index is 3.36. The maximum absolute atomic E-state index is 12.6. The number of aliphatic imine (C=N–C) groups is 1. The Bertz CT molecular complexity index is 358. The zero-order valence-electron chi connectivity index (χ0n) is 5.64. The highest BCUT2D eigenvalue weighted by Crippen LogP contribution is 2.20. The van der Waals surface area contributed by atoms with Crippen molar-refractivity contribution in [1.29, 1.82) is 0 Å². The lowest BCUT2D eigenvalue weighted by Gasteiger charge is -1.95. The quantitative estimate of drug-likeness (QED) is 0.363. The normalized spacial score (nSPS) is 9.25. The number of halogens is 3. The van der Waals surface area contributed by atoms with Gasteiger partial charge in [-0.3, -0.25) is 0 Å². The molecule has 2 nitrogen and oxygen atoms in total. The minimum Gasteiger partial charge on any atom is -0.211 e. The van der Waals surface area contributed by atoms with Crippen LogP contribution in [0.1, 0.15) is 0 Å². The molecule has 0 aliphatic rings. The summed E-state index contributed by atoms with van der Waals surface area (Å²) < 4.78 is 37.2. The first-order valence-corrected chi connectivity index (χ1v) is 2.87. The molecule has 0 bridgehead atoms. The van der Waals surface area contributed by atoms with Crippen LogP contribution < -0.4 is 0 Å². The Kier molecular flexibility index (Phi) is 2.26. The lowest BCUT2D eigenvalue weighted by Crippen LogP contribution is -1.86. The summed E-state index contributed by atoms with van der Waals surface area (Å²) in [5, 5.41) is 0. The predicted octanol–water partition coefficient (Wildman–Crippen LogP) is 2.07. The predicted molar refractivity (Wildman–Crippen MR) is 34.1 cm³/mol. The summed E-state index contributed by atoms with van der Waals surface area (Å²) in [4.78, 5) is 12.4. The van der Waals surface area contributed by atoms with Gasteiger partial charge >= 0.3 is 0 Å². The van der Waals surface area contributed by atoms with E-state index in [0.717, 1.165) is 6.08 Å². The molecule has 0 aliphatic heterocycles. The molecule has 0 aromatic heterocycles. The summed E-state index contributed by atoms with van der Waals surface area (Å²) in [5.74, 6) is -3.74. The van der Waals surface area contributed by atoms with Gasteiger partial charge in [-0.25, -0.2) is 18.0 Å². The van der Waals surface area contributed by atoms with Gasteiger partial charge in [0, 0.05) is 12.1 Å². The van der Waals surface area contributed by atoms with Crippen molar-refractivity contribution in [1.82, 2.24) is 0 Å². The average molecular weight is 173 g/mol. The first-order valence-electron chi connectivity index (χ1n) is 2.87. The van der Waals surface area contributed by atoms with E-state index >= 15 is 0 Å². The summed E-state index contributed by atoms with van der Waals surface area (Å²) in [6.07, 6.45) is 0.981. The second-order valence-electron chi connectivity index (χ2n) is 1.92. The van der Waals surface area contributed by atoms with Crippen molar-refractivity contribution in [3.8, 4) is 0 Å². The average Bonchev–Trinajstić information content (AvgIpc) is 2.00. The van der Waals surface area contributed by atoms with E-state index in [9.17, 15) is 18.0 Å². The summed E-state index contributed by atoms with van der Waals surface area (Å²) in [7, 11) is 0. The molecule has 0 fully saturated rings. The molecule has 0 spiro atoms.